The molecule has 1 N–H and O–H groups in total. The van der Waals surface area contributed by atoms with Crippen molar-refractivity contribution in [1.82, 2.24) is 5.32 Å². The molecule has 1 rings (SSSR count). The first-order valence-electron chi connectivity index (χ1n) is 3.11. The Morgan fingerprint density at radius 2 is 2.18 bits per heavy atom. The molecule has 11 heavy (non-hydrogen) atoms. The molecular weight excluding hydrogens is 270 g/mol. The Bertz CT molecular complexity index is 245. The van der Waals surface area contributed by atoms with Crippen molar-refractivity contribution in [2.75, 3.05) is 0 Å². The van der Waals surface area contributed by atoms with E-state index in [1.165, 1.54) is 0 Å². The maximum absolute atomic E-state index is 3.29. The second kappa shape index (κ2) is 4.57. The van der Waals surface area contributed by atoms with Crippen LogP contribution in [0.3, 0.4) is 0 Å². The molecule has 0 fully saturated rings. The Morgan fingerprint density at radius 1 is 1.36 bits per heavy atom. The highest BCUT2D eigenvalue weighted by Crippen LogP contribution is 2.16. The van der Waals surface area contributed by atoms with Crippen LogP contribution >= 0.6 is 31.9 Å². The Kier molecular flexibility index (Phi) is 3.66. The van der Waals surface area contributed by atoms with Crippen molar-refractivity contribution in [3.05, 3.63) is 45.7 Å². The minimum Gasteiger partial charge on any atom is -0.367 e. The summed E-state index contributed by atoms with van der Waals surface area (Å²) in [5.74, 6) is 0. The van der Waals surface area contributed by atoms with Crippen LogP contribution in [0, 0.1) is 0 Å². The number of allylic oxidation sites excluding steroid dienone is 5. The second-order valence-corrected chi connectivity index (χ2v) is 4.74. The third kappa shape index (κ3) is 3.58. The highest BCUT2D eigenvalue weighted by molar-refractivity contribution is 9.28. The van der Waals surface area contributed by atoms with Crippen LogP contribution in [0.1, 0.15) is 0 Å². The molecule has 0 aromatic carbocycles. The van der Waals surface area contributed by atoms with Crippen molar-refractivity contribution in [2.45, 2.75) is 0 Å². The van der Waals surface area contributed by atoms with Gasteiger partial charge in [0.15, 0.2) is 0 Å². The van der Waals surface area contributed by atoms with Crippen molar-refractivity contribution >= 4 is 31.9 Å². The lowest BCUT2D eigenvalue weighted by molar-refractivity contribution is 1.19. The van der Waals surface area contributed by atoms with E-state index in [-0.39, 0.29) is 0 Å². The van der Waals surface area contributed by atoms with E-state index >= 15 is 0 Å². The van der Waals surface area contributed by atoms with Gasteiger partial charge in [0.25, 0.3) is 0 Å². The smallest absolute Gasteiger partial charge is 0.0610 e. The first kappa shape index (κ1) is 8.81. The first-order valence-corrected chi connectivity index (χ1v) is 4.70. The minimum atomic E-state index is 0.935. The van der Waals surface area contributed by atoms with Gasteiger partial charge in [-0.05, 0) is 49.6 Å². The predicted octanol–water partition coefficient (Wildman–Crippen LogP) is 3.17. The molecule has 1 heterocycles. The van der Waals surface area contributed by atoms with Crippen LogP contribution in [0.25, 0.3) is 0 Å². The zero-order chi connectivity index (χ0) is 8.10. The van der Waals surface area contributed by atoms with Gasteiger partial charge in [0, 0.05) is 12.4 Å². The van der Waals surface area contributed by atoms with Gasteiger partial charge in [0.05, 0.1) is 3.39 Å². The lowest BCUT2D eigenvalue weighted by Gasteiger charge is -1.91. The van der Waals surface area contributed by atoms with Crippen LogP contribution in [-0.4, -0.2) is 0 Å². The van der Waals surface area contributed by atoms with Crippen LogP contribution in [0.15, 0.2) is 45.7 Å². The molecule has 0 aromatic rings. The molecule has 3 heteroatoms. The number of hydrogen-bond donors (Lipinski definition) is 1. The van der Waals surface area contributed by atoms with Crippen LogP contribution in [0.4, 0.5) is 0 Å². The fourth-order valence-electron chi connectivity index (χ4n) is 0.686. The molecule has 0 aliphatic carbocycles. The van der Waals surface area contributed by atoms with Crippen LogP contribution < -0.4 is 5.32 Å². The van der Waals surface area contributed by atoms with Gasteiger partial charge in [-0.25, -0.2) is 0 Å². The number of hydrogen-bond acceptors (Lipinski definition) is 1. The Morgan fingerprint density at radius 3 is 2.91 bits per heavy atom. The maximum atomic E-state index is 3.29. The molecule has 0 atom stereocenters. The van der Waals surface area contributed by atoms with Crippen LogP contribution in [-0.2, 0) is 0 Å². The summed E-state index contributed by atoms with van der Waals surface area (Å²) in [7, 11) is 0. The standard InChI is InChI=1S/C8H7Br2N/c9-8(10)5-7-3-1-2-4-11-6-7/h1-6,11H. The van der Waals surface area contributed by atoms with Crippen molar-refractivity contribution in [3.8, 4) is 0 Å². The summed E-state index contributed by atoms with van der Waals surface area (Å²) in [5.41, 5.74) is 1.11. The van der Waals surface area contributed by atoms with E-state index in [4.69, 9.17) is 0 Å². The summed E-state index contributed by atoms with van der Waals surface area (Å²) < 4.78 is 0.935. The van der Waals surface area contributed by atoms with Gasteiger partial charge in [0.2, 0.25) is 0 Å². The summed E-state index contributed by atoms with van der Waals surface area (Å²) in [6, 6.07) is 0. The SMILES string of the molecule is BrC(Br)=CC1=CNC=CC=C1. The molecular formula is C8H7Br2N. The average Bonchev–Trinajstić information content (AvgIpc) is 2.14. The van der Waals surface area contributed by atoms with Gasteiger partial charge in [-0.15, -0.1) is 0 Å². The zero-order valence-electron chi connectivity index (χ0n) is 5.72. The highest BCUT2D eigenvalue weighted by atomic mass is 79.9. The van der Waals surface area contributed by atoms with Crippen LogP contribution in [0.2, 0.25) is 0 Å². The predicted molar refractivity (Wildman–Crippen MR) is 55.4 cm³/mol. The van der Waals surface area contributed by atoms with Crippen molar-refractivity contribution < 1.29 is 0 Å². The molecule has 0 bridgehead atoms. The molecule has 58 valence electrons. The number of nitrogens with one attached hydrogen (secondary N) is 1. The number of rotatable bonds is 1. The summed E-state index contributed by atoms with van der Waals surface area (Å²) in [5, 5.41) is 3.01. The lowest BCUT2D eigenvalue weighted by atomic mass is 10.3. The van der Waals surface area contributed by atoms with Crippen molar-refractivity contribution in [2.24, 2.45) is 0 Å². The first-order chi connectivity index (χ1) is 5.29. The average molecular weight is 277 g/mol. The Balaban J connectivity index is 2.73. The molecule has 1 aliphatic rings. The third-order valence-corrected chi connectivity index (χ3v) is 1.58. The third-order valence-electron chi connectivity index (χ3n) is 1.12. The topological polar surface area (TPSA) is 12.0 Å². The molecule has 1 aliphatic heterocycles. The van der Waals surface area contributed by atoms with Crippen molar-refractivity contribution in [1.29, 1.82) is 0 Å². The van der Waals surface area contributed by atoms with Gasteiger partial charge in [0.1, 0.15) is 0 Å². The van der Waals surface area contributed by atoms with E-state index in [9.17, 15) is 0 Å². The van der Waals surface area contributed by atoms with Gasteiger partial charge >= 0.3 is 0 Å². The molecule has 0 aromatic heterocycles. The molecule has 0 spiro atoms. The van der Waals surface area contributed by atoms with Gasteiger partial charge in [-0.1, -0.05) is 12.2 Å². The van der Waals surface area contributed by atoms with E-state index < -0.39 is 0 Å². The van der Waals surface area contributed by atoms with Gasteiger partial charge in [-0.3, -0.25) is 0 Å². The molecule has 0 saturated heterocycles. The van der Waals surface area contributed by atoms with E-state index in [0.717, 1.165) is 8.96 Å². The molecule has 1 nitrogen and oxygen atoms in total. The van der Waals surface area contributed by atoms with Gasteiger partial charge in [-0.2, -0.15) is 0 Å². The monoisotopic (exact) mass is 275 g/mol. The second-order valence-electron chi connectivity index (χ2n) is 1.96. The molecule has 0 unspecified atom stereocenters. The highest BCUT2D eigenvalue weighted by Gasteiger charge is 1.89. The Hall–Kier alpha value is -0.280. The number of halogens is 2. The molecule has 0 radical (unpaired) electrons. The van der Waals surface area contributed by atoms with E-state index in [2.05, 4.69) is 37.2 Å². The normalized spacial score (nSPS) is 14.9. The fraction of sp³-hybridized carbons (Fsp3) is 0. The quantitative estimate of drug-likeness (QED) is 0.776. The maximum Gasteiger partial charge on any atom is 0.0610 e. The summed E-state index contributed by atoms with van der Waals surface area (Å²) in [6.45, 7) is 0. The fourth-order valence-corrected chi connectivity index (χ4v) is 1.21. The van der Waals surface area contributed by atoms with E-state index in [1.807, 2.05) is 36.7 Å². The van der Waals surface area contributed by atoms with E-state index in [0.29, 0.717) is 0 Å². The van der Waals surface area contributed by atoms with E-state index in [1.54, 1.807) is 0 Å². The lowest BCUT2D eigenvalue weighted by Crippen LogP contribution is -1.90. The Labute approximate surface area is 82.8 Å². The minimum absolute atomic E-state index is 0.935. The van der Waals surface area contributed by atoms with Crippen molar-refractivity contribution in [3.63, 3.8) is 0 Å². The molecule has 0 saturated carbocycles. The summed E-state index contributed by atoms with van der Waals surface area (Å²) >= 11 is 6.58. The molecule has 0 amide bonds. The van der Waals surface area contributed by atoms with Gasteiger partial charge < -0.3 is 5.32 Å². The largest absolute Gasteiger partial charge is 0.367 e. The zero-order valence-corrected chi connectivity index (χ0v) is 8.89. The van der Waals surface area contributed by atoms with Crippen LogP contribution in [0.5, 0.6) is 0 Å². The summed E-state index contributed by atoms with van der Waals surface area (Å²) in [4.78, 5) is 0. The summed E-state index contributed by atoms with van der Waals surface area (Å²) in [6.07, 6.45) is 11.7.